The number of hydrogen-bond acceptors (Lipinski definition) is 4. The molecule has 2 aromatic carbocycles. The number of ether oxygens (including phenoxy) is 2. The number of carbonyl (C=O) groups is 2. The van der Waals surface area contributed by atoms with Crippen molar-refractivity contribution in [2.24, 2.45) is 0 Å². The minimum absolute atomic E-state index is 0.260. The molecule has 0 saturated heterocycles. The molecular formula is C19H20ClNO4. The van der Waals surface area contributed by atoms with E-state index in [0.717, 1.165) is 0 Å². The van der Waals surface area contributed by atoms with E-state index in [1.54, 1.807) is 55.5 Å². The Morgan fingerprint density at radius 2 is 1.88 bits per heavy atom. The molecule has 0 aliphatic carbocycles. The van der Waals surface area contributed by atoms with Crippen LogP contribution in [0.3, 0.4) is 0 Å². The number of rotatable bonds is 7. The van der Waals surface area contributed by atoms with Crippen LogP contribution in [0.15, 0.2) is 48.5 Å². The van der Waals surface area contributed by atoms with Crippen LogP contribution in [-0.2, 0) is 9.53 Å². The fourth-order valence-corrected chi connectivity index (χ4v) is 2.40. The zero-order valence-electron chi connectivity index (χ0n) is 14.1. The molecule has 1 amide bonds. The molecule has 132 valence electrons. The normalized spacial score (nSPS) is 11.5. The van der Waals surface area contributed by atoms with E-state index < -0.39 is 12.1 Å². The first-order valence-electron chi connectivity index (χ1n) is 8.04. The molecule has 0 heterocycles. The molecule has 0 saturated carbocycles. The zero-order valence-corrected chi connectivity index (χ0v) is 14.9. The Morgan fingerprint density at radius 3 is 2.56 bits per heavy atom. The molecule has 25 heavy (non-hydrogen) atoms. The number of halogens is 1. The SMILES string of the molecule is CCOC(=O)c1ccccc1NC(=O)[C@H](CC)Oc1cccc(Cl)c1. The topological polar surface area (TPSA) is 64.6 Å². The molecule has 0 bridgehead atoms. The lowest BCUT2D eigenvalue weighted by molar-refractivity contribution is -0.122. The highest BCUT2D eigenvalue weighted by Gasteiger charge is 2.21. The van der Waals surface area contributed by atoms with E-state index in [1.807, 2.05) is 6.92 Å². The van der Waals surface area contributed by atoms with Gasteiger partial charge in [0.15, 0.2) is 6.10 Å². The average Bonchev–Trinajstić information content (AvgIpc) is 2.60. The summed E-state index contributed by atoms with van der Waals surface area (Å²) in [7, 11) is 0. The van der Waals surface area contributed by atoms with E-state index in [0.29, 0.717) is 28.4 Å². The summed E-state index contributed by atoms with van der Waals surface area (Å²) in [5, 5.41) is 3.27. The highest BCUT2D eigenvalue weighted by Crippen LogP contribution is 2.21. The highest BCUT2D eigenvalue weighted by molar-refractivity contribution is 6.30. The lowest BCUT2D eigenvalue weighted by atomic mass is 10.1. The van der Waals surface area contributed by atoms with E-state index in [1.165, 1.54) is 0 Å². The minimum Gasteiger partial charge on any atom is -0.481 e. The maximum atomic E-state index is 12.5. The predicted molar refractivity (Wildman–Crippen MR) is 97.2 cm³/mol. The maximum absolute atomic E-state index is 12.5. The van der Waals surface area contributed by atoms with E-state index in [4.69, 9.17) is 21.1 Å². The number of para-hydroxylation sites is 1. The second-order valence-electron chi connectivity index (χ2n) is 5.23. The van der Waals surface area contributed by atoms with Gasteiger partial charge in [0.1, 0.15) is 5.75 Å². The van der Waals surface area contributed by atoms with Crippen LogP contribution in [0.1, 0.15) is 30.6 Å². The number of hydrogen-bond donors (Lipinski definition) is 1. The average molecular weight is 362 g/mol. The van der Waals surface area contributed by atoms with E-state index in [-0.39, 0.29) is 12.5 Å². The van der Waals surface area contributed by atoms with Gasteiger partial charge >= 0.3 is 5.97 Å². The van der Waals surface area contributed by atoms with Crippen molar-refractivity contribution in [1.29, 1.82) is 0 Å². The van der Waals surface area contributed by atoms with Crippen molar-refractivity contribution in [3.05, 3.63) is 59.1 Å². The summed E-state index contributed by atoms with van der Waals surface area (Å²) in [6.07, 6.45) is -0.256. The van der Waals surface area contributed by atoms with Gasteiger partial charge in [-0.3, -0.25) is 4.79 Å². The number of carbonyl (C=O) groups excluding carboxylic acids is 2. The number of esters is 1. The van der Waals surface area contributed by atoms with Gasteiger partial charge < -0.3 is 14.8 Å². The summed E-state index contributed by atoms with van der Waals surface area (Å²) in [6, 6.07) is 13.5. The Bertz CT molecular complexity index is 748. The summed E-state index contributed by atoms with van der Waals surface area (Å²) in [5.41, 5.74) is 0.689. The quantitative estimate of drug-likeness (QED) is 0.746. The van der Waals surface area contributed by atoms with E-state index in [2.05, 4.69) is 5.32 Å². The van der Waals surface area contributed by atoms with Crippen molar-refractivity contribution < 1.29 is 19.1 Å². The van der Waals surface area contributed by atoms with Gasteiger partial charge in [0.05, 0.1) is 17.9 Å². The predicted octanol–water partition coefficient (Wildman–Crippen LogP) is 4.31. The van der Waals surface area contributed by atoms with Crippen LogP contribution < -0.4 is 10.1 Å². The Balaban J connectivity index is 2.13. The lowest BCUT2D eigenvalue weighted by Crippen LogP contribution is -2.33. The molecule has 5 nitrogen and oxygen atoms in total. The third kappa shape index (κ3) is 5.22. The second-order valence-corrected chi connectivity index (χ2v) is 5.66. The highest BCUT2D eigenvalue weighted by atomic mass is 35.5. The largest absolute Gasteiger partial charge is 0.481 e. The fourth-order valence-electron chi connectivity index (χ4n) is 2.22. The monoisotopic (exact) mass is 361 g/mol. The van der Waals surface area contributed by atoms with Crippen LogP contribution in [0.4, 0.5) is 5.69 Å². The van der Waals surface area contributed by atoms with Crippen LogP contribution in [-0.4, -0.2) is 24.6 Å². The Morgan fingerprint density at radius 1 is 1.12 bits per heavy atom. The minimum atomic E-state index is -0.714. The summed E-state index contributed by atoms with van der Waals surface area (Å²) < 4.78 is 10.7. The van der Waals surface area contributed by atoms with Gasteiger partial charge in [0.2, 0.25) is 0 Å². The summed E-state index contributed by atoms with van der Waals surface area (Å²) in [5.74, 6) is -0.324. The number of amides is 1. The first-order chi connectivity index (χ1) is 12.0. The van der Waals surface area contributed by atoms with Crippen molar-refractivity contribution >= 4 is 29.2 Å². The van der Waals surface area contributed by atoms with Crippen LogP contribution in [0.5, 0.6) is 5.75 Å². The molecule has 2 rings (SSSR count). The smallest absolute Gasteiger partial charge is 0.340 e. The molecular weight excluding hydrogens is 342 g/mol. The molecule has 0 aromatic heterocycles. The van der Waals surface area contributed by atoms with Gasteiger partial charge in [0.25, 0.3) is 5.91 Å². The number of benzene rings is 2. The van der Waals surface area contributed by atoms with Crippen LogP contribution in [0.25, 0.3) is 0 Å². The third-order valence-electron chi connectivity index (χ3n) is 3.42. The maximum Gasteiger partial charge on any atom is 0.340 e. The lowest BCUT2D eigenvalue weighted by Gasteiger charge is -2.18. The molecule has 6 heteroatoms. The molecule has 1 N–H and O–H groups in total. The summed E-state index contributed by atoms with van der Waals surface area (Å²) >= 11 is 5.93. The summed E-state index contributed by atoms with van der Waals surface area (Å²) in [4.78, 5) is 24.5. The van der Waals surface area contributed by atoms with Gasteiger partial charge in [-0.15, -0.1) is 0 Å². The van der Waals surface area contributed by atoms with Gasteiger partial charge in [0, 0.05) is 5.02 Å². The van der Waals surface area contributed by atoms with Gasteiger partial charge in [-0.05, 0) is 43.7 Å². The first kappa shape index (κ1) is 18.8. The molecule has 0 radical (unpaired) electrons. The third-order valence-corrected chi connectivity index (χ3v) is 3.65. The second kappa shape index (κ2) is 9.08. The van der Waals surface area contributed by atoms with Crippen molar-refractivity contribution in [3.8, 4) is 5.75 Å². The Kier molecular flexibility index (Phi) is 6.83. The summed E-state index contributed by atoms with van der Waals surface area (Å²) in [6.45, 7) is 3.83. The van der Waals surface area contributed by atoms with E-state index in [9.17, 15) is 9.59 Å². The molecule has 0 aliphatic rings. The van der Waals surface area contributed by atoms with Crippen molar-refractivity contribution in [3.63, 3.8) is 0 Å². The van der Waals surface area contributed by atoms with Gasteiger partial charge in [-0.25, -0.2) is 4.79 Å². The zero-order chi connectivity index (χ0) is 18.2. The van der Waals surface area contributed by atoms with Gasteiger partial charge in [-0.1, -0.05) is 36.7 Å². The van der Waals surface area contributed by atoms with Crippen molar-refractivity contribution in [2.75, 3.05) is 11.9 Å². The molecule has 0 unspecified atom stereocenters. The Hall–Kier alpha value is -2.53. The van der Waals surface area contributed by atoms with E-state index >= 15 is 0 Å². The molecule has 2 aromatic rings. The Labute approximate surface area is 151 Å². The molecule has 0 fully saturated rings. The first-order valence-corrected chi connectivity index (χ1v) is 8.42. The van der Waals surface area contributed by atoms with Crippen LogP contribution in [0, 0.1) is 0 Å². The number of anilines is 1. The fraction of sp³-hybridized carbons (Fsp3) is 0.263. The molecule has 1 atom stereocenters. The standard InChI is InChI=1S/C19H20ClNO4/c1-3-17(25-14-9-7-8-13(20)12-14)18(22)21-16-11-6-5-10-15(16)19(23)24-4-2/h5-12,17H,3-4H2,1-2H3,(H,21,22)/t17-/m0/s1. The van der Waals surface area contributed by atoms with Crippen molar-refractivity contribution in [1.82, 2.24) is 0 Å². The van der Waals surface area contributed by atoms with Gasteiger partial charge in [-0.2, -0.15) is 0 Å². The van der Waals surface area contributed by atoms with Crippen molar-refractivity contribution in [2.45, 2.75) is 26.4 Å². The van der Waals surface area contributed by atoms with Crippen LogP contribution in [0.2, 0.25) is 5.02 Å². The molecule has 0 spiro atoms. The molecule has 0 aliphatic heterocycles. The number of nitrogens with one attached hydrogen (secondary N) is 1. The van der Waals surface area contributed by atoms with Crippen LogP contribution >= 0.6 is 11.6 Å².